The largest absolute Gasteiger partial charge is 0.481 e. The van der Waals surface area contributed by atoms with Gasteiger partial charge in [0, 0.05) is 12.8 Å². The summed E-state index contributed by atoms with van der Waals surface area (Å²) >= 11 is 0. The van der Waals surface area contributed by atoms with E-state index in [1.807, 2.05) is 0 Å². The Bertz CT molecular complexity index is 783. The SMILES string of the molecule is CC12CCCCC1CCC1C2CCC2(C)C(CCCC(=O)NC(CCC(=O)O)C(=O)O)CCC12. The summed E-state index contributed by atoms with van der Waals surface area (Å²) in [5.74, 6) is 1.74. The van der Waals surface area contributed by atoms with Crippen LogP contribution in [0.15, 0.2) is 0 Å². The van der Waals surface area contributed by atoms with Gasteiger partial charge in [0.1, 0.15) is 6.04 Å². The predicted molar refractivity (Wildman–Crippen MR) is 130 cm³/mol. The van der Waals surface area contributed by atoms with E-state index in [4.69, 9.17) is 5.11 Å². The van der Waals surface area contributed by atoms with Crippen LogP contribution in [0.5, 0.6) is 0 Å². The first-order chi connectivity index (χ1) is 16.1. The molecule has 4 saturated carbocycles. The van der Waals surface area contributed by atoms with Gasteiger partial charge in [0.2, 0.25) is 5.91 Å². The first-order valence-electron chi connectivity index (χ1n) is 13.9. The molecule has 0 heterocycles. The Morgan fingerprint density at radius 1 is 0.882 bits per heavy atom. The van der Waals surface area contributed by atoms with E-state index >= 15 is 0 Å². The van der Waals surface area contributed by atoms with Gasteiger partial charge >= 0.3 is 11.9 Å². The Morgan fingerprint density at radius 2 is 1.65 bits per heavy atom. The van der Waals surface area contributed by atoms with Crippen LogP contribution in [0.2, 0.25) is 0 Å². The summed E-state index contributed by atoms with van der Waals surface area (Å²) in [4.78, 5) is 34.5. The lowest BCUT2D eigenvalue weighted by Gasteiger charge is -2.60. The number of nitrogens with one attached hydrogen (secondary N) is 1. The number of amides is 1. The molecule has 34 heavy (non-hydrogen) atoms. The van der Waals surface area contributed by atoms with Crippen LogP contribution in [0, 0.1) is 40.4 Å². The highest BCUT2D eigenvalue weighted by atomic mass is 16.4. The van der Waals surface area contributed by atoms with Crippen molar-refractivity contribution >= 4 is 17.8 Å². The molecule has 0 radical (unpaired) electrons. The number of carboxylic acid groups (broad SMARTS) is 2. The Hall–Kier alpha value is -1.59. The Kier molecular flexibility index (Phi) is 7.64. The zero-order chi connectivity index (χ0) is 24.5. The molecule has 0 aromatic carbocycles. The third-order valence-corrected chi connectivity index (χ3v) is 11.0. The molecule has 0 spiro atoms. The van der Waals surface area contributed by atoms with Crippen molar-refractivity contribution in [1.82, 2.24) is 5.32 Å². The summed E-state index contributed by atoms with van der Waals surface area (Å²) in [6.45, 7) is 5.16. The maximum absolute atomic E-state index is 12.4. The molecule has 4 aliphatic carbocycles. The van der Waals surface area contributed by atoms with Gasteiger partial charge in [0.05, 0.1) is 0 Å². The summed E-state index contributed by atoms with van der Waals surface area (Å²) in [6.07, 6.45) is 15.7. The fourth-order valence-electron chi connectivity index (χ4n) is 9.18. The molecule has 0 saturated heterocycles. The van der Waals surface area contributed by atoms with Crippen LogP contribution >= 0.6 is 0 Å². The molecular weight excluding hydrogens is 430 g/mol. The minimum Gasteiger partial charge on any atom is -0.481 e. The van der Waals surface area contributed by atoms with Crippen molar-refractivity contribution in [2.75, 3.05) is 0 Å². The van der Waals surface area contributed by atoms with Crippen molar-refractivity contribution < 1.29 is 24.6 Å². The third-order valence-electron chi connectivity index (χ3n) is 11.0. The first kappa shape index (κ1) is 25.5. The molecule has 6 heteroatoms. The van der Waals surface area contributed by atoms with Crippen molar-refractivity contribution in [1.29, 1.82) is 0 Å². The minimum atomic E-state index is -1.17. The normalized spacial score (nSPS) is 39.9. The molecule has 6 nitrogen and oxygen atoms in total. The second kappa shape index (κ2) is 10.2. The van der Waals surface area contributed by atoms with Gasteiger partial charge in [0.15, 0.2) is 0 Å². The van der Waals surface area contributed by atoms with Crippen molar-refractivity contribution in [2.45, 2.75) is 116 Å². The summed E-state index contributed by atoms with van der Waals surface area (Å²) in [5.41, 5.74) is 0.959. The van der Waals surface area contributed by atoms with Crippen molar-refractivity contribution in [2.24, 2.45) is 40.4 Å². The van der Waals surface area contributed by atoms with Gasteiger partial charge in [-0.3, -0.25) is 9.59 Å². The van der Waals surface area contributed by atoms with Crippen LogP contribution in [0.25, 0.3) is 0 Å². The van der Waals surface area contributed by atoms with Gasteiger partial charge in [-0.05, 0) is 111 Å². The van der Waals surface area contributed by atoms with Crippen LogP contribution < -0.4 is 5.32 Å². The highest BCUT2D eigenvalue weighted by Gasteiger charge is 2.59. The molecule has 3 N–H and O–H groups in total. The lowest BCUT2D eigenvalue weighted by Crippen LogP contribution is -2.52. The van der Waals surface area contributed by atoms with Crippen LogP contribution in [0.4, 0.5) is 0 Å². The zero-order valence-corrected chi connectivity index (χ0v) is 21.2. The van der Waals surface area contributed by atoms with Crippen LogP contribution in [0.3, 0.4) is 0 Å². The number of carboxylic acids is 2. The molecule has 1 amide bonds. The highest BCUT2D eigenvalue weighted by molar-refractivity contribution is 5.83. The average molecular weight is 476 g/mol. The van der Waals surface area contributed by atoms with Gasteiger partial charge in [-0.1, -0.05) is 26.7 Å². The molecule has 4 aliphatic rings. The molecule has 192 valence electrons. The van der Waals surface area contributed by atoms with E-state index < -0.39 is 18.0 Å². The summed E-state index contributed by atoms with van der Waals surface area (Å²) in [5, 5.41) is 20.6. The monoisotopic (exact) mass is 475 g/mol. The number of fused-ring (bicyclic) bond motifs is 5. The third kappa shape index (κ3) is 4.88. The lowest BCUT2D eigenvalue weighted by atomic mass is 9.45. The van der Waals surface area contributed by atoms with Gasteiger partial charge in [-0.2, -0.15) is 0 Å². The number of rotatable bonds is 9. The summed E-state index contributed by atoms with van der Waals surface area (Å²) in [6, 6.07) is -1.12. The Labute approximate surface area is 204 Å². The van der Waals surface area contributed by atoms with E-state index in [2.05, 4.69) is 19.2 Å². The topological polar surface area (TPSA) is 104 Å². The molecule has 0 bridgehead atoms. The van der Waals surface area contributed by atoms with Gasteiger partial charge in [0.25, 0.3) is 0 Å². The smallest absolute Gasteiger partial charge is 0.326 e. The lowest BCUT2D eigenvalue weighted by molar-refractivity contribution is -0.143. The van der Waals surface area contributed by atoms with E-state index in [1.165, 1.54) is 64.2 Å². The van der Waals surface area contributed by atoms with E-state index in [1.54, 1.807) is 0 Å². The van der Waals surface area contributed by atoms with Crippen molar-refractivity contribution in [3.05, 3.63) is 0 Å². The second-order valence-electron chi connectivity index (χ2n) is 12.5. The number of carbonyl (C=O) groups is 3. The number of carbonyl (C=O) groups excluding carboxylic acids is 1. The zero-order valence-electron chi connectivity index (χ0n) is 21.2. The van der Waals surface area contributed by atoms with Crippen LogP contribution in [0.1, 0.15) is 110 Å². The molecule has 8 atom stereocenters. The Balaban J connectivity index is 1.30. The molecule has 0 aliphatic heterocycles. The maximum Gasteiger partial charge on any atom is 0.326 e. The standard InChI is InChI=1S/C28H45NO5/c1-27-16-4-3-6-18(27)9-11-20-21-12-10-19(28(21,2)17-15-22(20)27)7-5-8-24(30)29-23(26(33)34)13-14-25(31)32/h18-23H,3-17H2,1-2H3,(H,29,30)(H,31,32)(H,33,34). The van der Waals surface area contributed by atoms with Crippen molar-refractivity contribution in [3.63, 3.8) is 0 Å². The Morgan fingerprint density at radius 3 is 2.38 bits per heavy atom. The molecular formula is C28H45NO5. The molecule has 8 unspecified atom stereocenters. The second-order valence-corrected chi connectivity index (χ2v) is 12.5. The highest BCUT2D eigenvalue weighted by Crippen LogP contribution is 2.67. The number of aliphatic carboxylic acids is 2. The summed E-state index contributed by atoms with van der Waals surface area (Å²) < 4.78 is 0. The predicted octanol–water partition coefficient (Wildman–Crippen LogP) is 5.64. The maximum atomic E-state index is 12.4. The van der Waals surface area contributed by atoms with E-state index in [-0.39, 0.29) is 18.7 Å². The van der Waals surface area contributed by atoms with Crippen LogP contribution in [-0.2, 0) is 14.4 Å². The fraction of sp³-hybridized carbons (Fsp3) is 0.893. The van der Waals surface area contributed by atoms with Gasteiger partial charge < -0.3 is 15.5 Å². The van der Waals surface area contributed by atoms with E-state index in [0.29, 0.717) is 23.2 Å². The molecule has 4 fully saturated rings. The fourth-order valence-corrected chi connectivity index (χ4v) is 9.18. The van der Waals surface area contributed by atoms with E-state index in [9.17, 15) is 19.5 Å². The average Bonchev–Trinajstić information content (AvgIpc) is 3.12. The first-order valence-corrected chi connectivity index (χ1v) is 13.9. The molecule has 4 rings (SSSR count). The molecule has 0 aromatic heterocycles. The number of hydrogen-bond donors (Lipinski definition) is 3. The van der Waals surface area contributed by atoms with Crippen molar-refractivity contribution in [3.8, 4) is 0 Å². The van der Waals surface area contributed by atoms with Gasteiger partial charge in [-0.15, -0.1) is 0 Å². The quantitative estimate of drug-likeness (QED) is 0.400. The minimum absolute atomic E-state index is 0.0822. The molecule has 0 aromatic rings. The van der Waals surface area contributed by atoms with Gasteiger partial charge in [-0.25, -0.2) is 4.79 Å². The van der Waals surface area contributed by atoms with E-state index in [0.717, 1.165) is 36.5 Å². The number of hydrogen-bond acceptors (Lipinski definition) is 3. The summed E-state index contributed by atoms with van der Waals surface area (Å²) in [7, 11) is 0. The van der Waals surface area contributed by atoms with Crippen LogP contribution in [-0.4, -0.2) is 34.1 Å².